The molecular formula is C22H16N4O. The van der Waals surface area contributed by atoms with Crippen LogP contribution in [0.1, 0.15) is 11.4 Å². The Morgan fingerprint density at radius 3 is 2.67 bits per heavy atom. The van der Waals surface area contributed by atoms with E-state index in [0.717, 1.165) is 27.6 Å². The van der Waals surface area contributed by atoms with Crippen LogP contribution in [0.3, 0.4) is 0 Å². The first kappa shape index (κ1) is 15.5. The molecule has 0 aliphatic carbocycles. The van der Waals surface area contributed by atoms with E-state index < -0.39 is 0 Å². The number of rotatable bonds is 3. The van der Waals surface area contributed by atoms with Crippen LogP contribution in [0.5, 0.6) is 0 Å². The third-order valence-electron chi connectivity index (χ3n) is 4.74. The van der Waals surface area contributed by atoms with Gasteiger partial charge in [0.05, 0.1) is 22.6 Å². The maximum Gasteiger partial charge on any atom is 0.258 e. The number of hydrogen-bond acceptors (Lipinski definition) is 3. The molecule has 0 saturated heterocycles. The predicted octanol–water partition coefficient (Wildman–Crippen LogP) is 4.06. The topological polar surface area (TPSA) is 74.4 Å². The number of nitrogens with zero attached hydrogens (tertiary/aromatic N) is 2. The standard InChI is InChI=1S/C22H16N4O/c27-22-18-12-16(15-4-2-1-3-5-15)8-9-19(18)24-21(25-22)11-14-6-7-17-13-23-26-20(17)10-14/h1-10,12-13H,11H2,(H,23,26)(H,24,25,27). The van der Waals surface area contributed by atoms with E-state index in [1.54, 1.807) is 6.20 Å². The monoisotopic (exact) mass is 352 g/mol. The minimum Gasteiger partial charge on any atom is -0.310 e. The van der Waals surface area contributed by atoms with Gasteiger partial charge in [0.15, 0.2) is 0 Å². The summed E-state index contributed by atoms with van der Waals surface area (Å²) < 4.78 is 0. The van der Waals surface area contributed by atoms with Gasteiger partial charge in [0.25, 0.3) is 5.56 Å². The Morgan fingerprint density at radius 1 is 0.889 bits per heavy atom. The van der Waals surface area contributed by atoms with E-state index in [0.29, 0.717) is 23.1 Å². The first-order valence-electron chi connectivity index (χ1n) is 8.77. The fraction of sp³-hybridized carbons (Fsp3) is 0.0455. The summed E-state index contributed by atoms with van der Waals surface area (Å²) in [6.07, 6.45) is 2.35. The summed E-state index contributed by atoms with van der Waals surface area (Å²) >= 11 is 0. The first-order chi connectivity index (χ1) is 13.3. The Hall–Kier alpha value is -3.73. The molecule has 0 saturated carbocycles. The summed E-state index contributed by atoms with van der Waals surface area (Å²) in [5.74, 6) is 0.652. The lowest BCUT2D eigenvalue weighted by Crippen LogP contribution is -2.12. The molecule has 0 atom stereocenters. The summed E-state index contributed by atoms with van der Waals surface area (Å²) in [6, 6.07) is 21.9. The second-order valence-electron chi connectivity index (χ2n) is 6.58. The molecule has 3 aromatic carbocycles. The maximum atomic E-state index is 12.6. The SMILES string of the molecule is O=c1[nH]c(Cc2ccc3cn[nH]c3c2)nc2ccc(-c3ccccc3)cc12. The van der Waals surface area contributed by atoms with Gasteiger partial charge in [0, 0.05) is 11.8 Å². The Balaban J connectivity index is 1.53. The molecule has 2 N–H and O–H groups in total. The molecule has 2 heterocycles. The van der Waals surface area contributed by atoms with Crippen molar-refractivity contribution in [3.05, 3.63) is 94.7 Å². The smallest absolute Gasteiger partial charge is 0.258 e. The molecule has 5 rings (SSSR count). The summed E-state index contributed by atoms with van der Waals surface area (Å²) in [5, 5.41) is 8.67. The van der Waals surface area contributed by atoms with E-state index in [4.69, 9.17) is 0 Å². The van der Waals surface area contributed by atoms with Gasteiger partial charge in [-0.2, -0.15) is 5.10 Å². The molecular weight excluding hydrogens is 336 g/mol. The number of H-pyrrole nitrogens is 2. The van der Waals surface area contributed by atoms with Crippen LogP contribution in [0.2, 0.25) is 0 Å². The van der Waals surface area contributed by atoms with Crippen LogP contribution < -0.4 is 5.56 Å². The third kappa shape index (κ3) is 2.89. The zero-order valence-corrected chi connectivity index (χ0v) is 14.4. The molecule has 27 heavy (non-hydrogen) atoms. The van der Waals surface area contributed by atoms with E-state index in [-0.39, 0.29) is 5.56 Å². The fourth-order valence-corrected chi connectivity index (χ4v) is 3.37. The summed E-state index contributed by atoms with van der Waals surface area (Å²) in [6.45, 7) is 0. The van der Waals surface area contributed by atoms with E-state index >= 15 is 0 Å². The highest BCUT2D eigenvalue weighted by Gasteiger charge is 2.08. The zero-order valence-electron chi connectivity index (χ0n) is 14.4. The van der Waals surface area contributed by atoms with Crippen molar-refractivity contribution in [3.8, 4) is 11.1 Å². The fourth-order valence-electron chi connectivity index (χ4n) is 3.37. The molecule has 2 aromatic heterocycles. The minimum absolute atomic E-state index is 0.115. The van der Waals surface area contributed by atoms with Gasteiger partial charge in [0.1, 0.15) is 5.82 Å². The third-order valence-corrected chi connectivity index (χ3v) is 4.74. The van der Waals surface area contributed by atoms with Crippen LogP contribution in [0.4, 0.5) is 0 Å². The highest BCUT2D eigenvalue weighted by atomic mass is 16.1. The van der Waals surface area contributed by atoms with Crippen LogP contribution in [0.25, 0.3) is 32.9 Å². The average Bonchev–Trinajstić information content (AvgIpc) is 3.16. The van der Waals surface area contributed by atoms with Crippen molar-refractivity contribution in [2.45, 2.75) is 6.42 Å². The van der Waals surface area contributed by atoms with Gasteiger partial charge in [0.2, 0.25) is 0 Å². The Morgan fingerprint density at radius 2 is 1.78 bits per heavy atom. The van der Waals surface area contributed by atoms with Gasteiger partial charge in [-0.25, -0.2) is 4.98 Å². The molecule has 0 aliphatic heterocycles. The van der Waals surface area contributed by atoms with Crippen LogP contribution in [-0.4, -0.2) is 20.2 Å². The van der Waals surface area contributed by atoms with E-state index in [9.17, 15) is 4.79 Å². The van der Waals surface area contributed by atoms with Crippen molar-refractivity contribution in [1.29, 1.82) is 0 Å². The highest BCUT2D eigenvalue weighted by Crippen LogP contribution is 2.22. The molecule has 0 radical (unpaired) electrons. The lowest BCUT2D eigenvalue weighted by molar-refractivity contribution is 0.974. The normalized spacial score (nSPS) is 11.3. The first-order valence-corrected chi connectivity index (χ1v) is 8.77. The number of aromatic amines is 2. The molecule has 5 heteroatoms. The van der Waals surface area contributed by atoms with Crippen LogP contribution in [-0.2, 0) is 6.42 Å². The maximum absolute atomic E-state index is 12.6. The van der Waals surface area contributed by atoms with Crippen molar-refractivity contribution in [1.82, 2.24) is 20.2 Å². The van der Waals surface area contributed by atoms with Crippen LogP contribution >= 0.6 is 0 Å². The van der Waals surface area contributed by atoms with Gasteiger partial charge in [-0.05, 0) is 34.9 Å². The number of benzene rings is 3. The van der Waals surface area contributed by atoms with Crippen LogP contribution in [0, 0.1) is 0 Å². The number of hydrogen-bond donors (Lipinski definition) is 2. The zero-order chi connectivity index (χ0) is 18.2. The average molecular weight is 352 g/mol. The van der Waals surface area contributed by atoms with Gasteiger partial charge >= 0.3 is 0 Å². The lowest BCUT2D eigenvalue weighted by Gasteiger charge is -2.06. The molecule has 0 unspecified atom stereocenters. The van der Waals surface area contributed by atoms with E-state index in [2.05, 4.69) is 20.2 Å². The molecule has 130 valence electrons. The molecule has 5 nitrogen and oxygen atoms in total. The Kier molecular flexibility index (Phi) is 3.57. The van der Waals surface area contributed by atoms with Crippen LogP contribution in [0.15, 0.2) is 77.7 Å². The summed E-state index contributed by atoms with van der Waals surface area (Å²) in [5.41, 5.74) is 4.72. The summed E-state index contributed by atoms with van der Waals surface area (Å²) in [4.78, 5) is 20.2. The van der Waals surface area contributed by atoms with Crippen molar-refractivity contribution < 1.29 is 0 Å². The van der Waals surface area contributed by atoms with Crippen molar-refractivity contribution in [3.63, 3.8) is 0 Å². The molecule has 5 aromatic rings. The van der Waals surface area contributed by atoms with Crippen molar-refractivity contribution in [2.75, 3.05) is 0 Å². The number of nitrogens with one attached hydrogen (secondary N) is 2. The molecule has 0 amide bonds. The second-order valence-corrected chi connectivity index (χ2v) is 6.58. The largest absolute Gasteiger partial charge is 0.310 e. The Bertz CT molecular complexity index is 1320. The van der Waals surface area contributed by atoms with Gasteiger partial charge < -0.3 is 4.98 Å². The summed E-state index contributed by atoms with van der Waals surface area (Å²) in [7, 11) is 0. The molecule has 0 bridgehead atoms. The molecule has 0 spiro atoms. The van der Waals surface area contributed by atoms with E-state index in [1.807, 2.05) is 66.7 Å². The van der Waals surface area contributed by atoms with E-state index in [1.165, 1.54) is 0 Å². The van der Waals surface area contributed by atoms with Crippen molar-refractivity contribution in [2.24, 2.45) is 0 Å². The molecule has 0 aliphatic rings. The quantitative estimate of drug-likeness (QED) is 0.514. The number of fused-ring (bicyclic) bond motifs is 2. The minimum atomic E-state index is -0.115. The number of aromatic nitrogens is 4. The van der Waals surface area contributed by atoms with Crippen molar-refractivity contribution >= 4 is 21.8 Å². The molecule has 0 fully saturated rings. The predicted molar refractivity (Wildman–Crippen MR) is 107 cm³/mol. The van der Waals surface area contributed by atoms with Gasteiger partial charge in [-0.3, -0.25) is 9.89 Å². The van der Waals surface area contributed by atoms with Gasteiger partial charge in [-0.15, -0.1) is 0 Å². The van der Waals surface area contributed by atoms with Gasteiger partial charge in [-0.1, -0.05) is 48.5 Å². The second kappa shape index (κ2) is 6.21. The Labute approximate surface area is 154 Å². The lowest BCUT2D eigenvalue weighted by atomic mass is 10.0. The highest BCUT2D eigenvalue weighted by molar-refractivity contribution is 5.84.